The van der Waals surface area contributed by atoms with Crippen molar-refractivity contribution in [2.45, 2.75) is 51.7 Å². The predicted octanol–water partition coefficient (Wildman–Crippen LogP) is 6.65. The minimum absolute atomic E-state index is 0.373. The molecule has 0 saturated heterocycles. The first-order chi connectivity index (χ1) is 16.5. The average Bonchev–Trinajstić information content (AvgIpc) is 2.83. The van der Waals surface area contributed by atoms with Crippen LogP contribution in [-0.4, -0.2) is 22.4 Å². The lowest BCUT2D eigenvalue weighted by atomic mass is 9.88. The Morgan fingerprint density at radius 2 is 0.706 bits per heavy atom. The molecule has 0 saturated carbocycles. The van der Waals surface area contributed by atoms with Gasteiger partial charge in [-0.1, -0.05) is 97.1 Å². The topological polar surface area (TPSA) is 40.5 Å². The molecule has 174 valence electrons. The SMILES string of the molecule is CC(O)Cc1ccccc1-c1ccccc1CCc1ccccc1-c1ccccc1CC(C)O. The van der Waals surface area contributed by atoms with Gasteiger partial charge in [0, 0.05) is 0 Å². The summed E-state index contributed by atoms with van der Waals surface area (Å²) in [6.45, 7) is 3.68. The molecule has 0 fully saturated rings. The third-order valence-corrected chi connectivity index (χ3v) is 6.34. The van der Waals surface area contributed by atoms with Crippen LogP contribution >= 0.6 is 0 Å². The van der Waals surface area contributed by atoms with E-state index in [4.69, 9.17) is 0 Å². The van der Waals surface area contributed by atoms with Crippen molar-refractivity contribution in [3.05, 3.63) is 119 Å². The van der Waals surface area contributed by atoms with Crippen molar-refractivity contribution in [2.24, 2.45) is 0 Å². The van der Waals surface area contributed by atoms with E-state index in [0.29, 0.717) is 12.8 Å². The maximum absolute atomic E-state index is 10.00. The van der Waals surface area contributed by atoms with E-state index in [2.05, 4.69) is 84.9 Å². The molecule has 2 heteroatoms. The second-order valence-electron chi connectivity index (χ2n) is 9.23. The smallest absolute Gasteiger partial charge is 0.0552 e. The van der Waals surface area contributed by atoms with Crippen molar-refractivity contribution in [3.63, 3.8) is 0 Å². The van der Waals surface area contributed by atoms with Gasteiger partial charge in [0.05, 0.1) is 12.2 Å². The second kappa shape index (κ2) is 11.3. The van der Waals surface area contributed by atoms with Gasteiger partial charge in [0.25, 0.3) is 0 Å². The molecule has 2 atom stereocenters. The highest BCUT2D eigenvalue weighted by molar-refractivity contribution is 5.72. The number of aliphatic hydroxyl groups is 2. The summed E-state index contributed by atoms with van der Waals surface area (Å²) in [5.41, 5.74) is 9.87. The van der Waals surface area contributed by atoms with Gasteiger partial charge in [0.2, 0.25) is 0 Å². The molecular weight excluding hydrogens is 416 g/mol. The molecule has 4 aromatic rings. The molecule has 0 bridgehead atoms. The van der Waals surface area contributed by atoms with E-state index in [1.54, 1.807) is 0 Å². The molecule has 0 spiro atoms. The summed E-state index contributed by atoms with van der Waals surface area (Å²) in [4.78, 5) is 0. The van der Waals surface area contributed by atoms with Gasteiger partial charge in [-0.3, -0.25) is 0 Å². The van der Waals surface area contributed by atoms with Crippen LogP contribution < -0.4 is 0 Å². The Labute approximate surface area is 203 Å². The molecule has 4 aromatic carbocycles. The molecule has 2 N–H and O–H groups in total. The van der Waals surface area contributed by atoms with Crippen LogP contribution in [0.2, 0.25) is 0 Å². The maximum Gasteiger partial charge on any atom is 0.0552 e. The predicted molar refractivity (Wildman–Crippen MR) is 142 cm³/mol. The monoisotopic (exact) mass is 450 g/mol. The molecule has 0 aromatic heterocycles. The number of aryl methyl sites for hydroxylation is 2. The van der Waals surface area contributed by atoms with Gasteiger partial charge in [-0.15, -0.1) is 0 Å². The lowest BCUT2D eigenvalue weighted by molar-refractivity contribution is 0.195. The van der Waals surface area contributed by atoms with Crippen LogP contribution in [0.5, 0.6) is 0 Å². The summed E-state index contributed by atoms with van der Waals surface area (Å²) in [5.74, 6) is 0. The summed E-state index contributed by atoms with van der Waals surface area (Å²) in [5, 5.41) is 20.0. The highest BCUT2D eigenvalue weighted by Crippen LogP contribution is 2.32. The molecule has 0 aliphatic carbocycles. The van der Waals surface area contributed by atoms with Crippen molar-refractivity contribution < 1.29 is 10.2 Å². The van der Waals surface area contributed by atoms with E-state index in [1.165, 1.54) is 44.5 Å². The van der Waals surface area contributed by atoms with E-state index in [9.17, 15) is 10.2 Å². The van der Waals surface area contributed by atoms with Crippen LogP contribution in [0.1, 0.15) is 36.1 Å². The van der Waals surface area contributed by atoms with Crippen molar-refractivity contribution >= 4 is 0 Å². The fourth-order valence-corrected chi connectivity index (χ4v) is 4.83. The van der Waals surface area contributed by atoms with Crippen LogP contribution in [0, 0.1) is 0 Å². The molecule has 4 rings (SSSR count). The van der Waals surface area contributed by atoms with Crippen LogP contribution in [-0.2, 0) is 25.7 Å². The molecular formula is C32H34O2. The van der Waals surface area contributed by atoms with Crippen LogP contribution in [0.25, 0.3) is 22.3 Å². The van der Waals surface area contributed by atoms with Crippen LogP contribution in [0.4, 0.5) is 0 Å². The molecule has 2 unspecified atom stereocenters. The Morgan fingerprint density at radius 3 is 1.03 bits per heavy atom. The fraction of sp³-hybridized carbons (Fsp3) is 0.250. The maximum atomic E-state index is 10.00. The number of hydrogen-bond donors (Lipinski definition) is 2. The molecule has 0 radical (unpaired) electrons. The van der Waals surface area contributed by atoms with Gasteiger partial charge in [0.15, 0.2) is 0 Å². The van der Waals surface area contributed by atoms with Crippen molar-refractivity contribution in [2.75, 3.05) is 0 Å². The zero-order valence-corrected chi connectivity index (χ0v) is 20.1. The van der Waals surface area contributed by atoms with Gasteiger partial charge in [-0.05, 0) is 84.0 Å². The van der Waals surface area contributed by atoms with Crippen molar-refractivity contribution in [1.82, 2.24) is 0 Å². The summed E-state index contributed by atoms with van der Waals surface area (Å²) in [7, 11) is 0. The zero-order chi connectivity index (χ0) is 23.9. The first-order valence-corrected chi connectivity index (χ1v) is 12.2. The van der Waals surface area contributed by atoms with E-state index < -0.39 is 0 Å². The zero-order valence-electron chi connectivity index (χ0n) is 20.1. The van der Waals surface area contributed by atoms with E-state index in [1.807, 2.05) is 26.0 Å². The van der Waals surface area contributed by atoms with Gasteiger partial charge >= 0.3 is 0 Å². The average molecular weight is 451 g/mol. The van der Waals surface area contributed by atoms with Crippen LogP contribution in [0.15, 0.2) is 97.1 Å². The Morgan fingerprint density at radius 1 is 0.441 bits per heavy atom. The summed E-state index contributed by atoms with van der Waals surface area (Å²) in [6.07, 6.45) is 2.40. The largest absolute Gasteiger partial charge is 0.393 e. The van der Waals surface area contributed by atoms with E-state index in [-0.39, 0.29) is 12.2 Å². The minimum atomic E-state index is -0.373. The Hall–Kier alpha value is -3.20. The summed E-state index contributed by atoms with van der Waals surface area (Å²) >= 11 is 0. The molecule has 0 aliphatic heterocycles. The normalized spacial score (nSPS) is 12.9. The Kier molecular flexibility index (Phi) is 7.95. The first kappa shape index (κ1) is 23.9. The lowest BCUT2D eigenvalue weighted by Crippen LogP contribution is -2.06. The van der Waals surface area contributed by atoms with Crippen molar-refractivity contribution in [3.8, 4) is 22.3 Å². The van der Waals surface area contributed by atoms with Gasteiger partial charge in [-0.2, -0.15) is 0 Å². The van der Waals surface area contributed by atoms with Gasteiger partial charge < -0.3 is 10.2 Å². The lowest BCUT2D eigenvalue weighted by Gasteiger charge is -2.17. The standard InChI is InChI=1S/C32H34O2/c1-23(33)21-27-13-5-9-17-31(27)29-15-7-3-11-25(29)19-20-26-12-4-8-16-30(26)32-18-10-6-14-28(32)22-24(2)34/h3-18,23-24,33-34H,19-22H2,1-2H3. The molecule has 0 heterocycles. The minimum Gasteiger partial charge on any atom is -0.393 e. The molecule has 34 heavy (non-hydrogen) atoms. The van der Waals surface area contributed by atoms with Crippen molar-refractivity contribution in [1.29, 1.82) is 0 Å². The van der Waals surface area contributed by atoms with Gasteiger partial charge in [-0.25, -0.2) is 0 Å². The van der Waals surface area contributed by atoms with E-state index in [0.717, 1.165) is 12.8 Å². The number of hydrogen-bond acceptors (Lipinski definition) is 2. The molecule has 0 aliphatic rings. The number of rotatable bonds is 9. The van der Waals surface area contributed by atoms with E-state index >= 15 is 0 Å². The Balaban J connectivity index is 1.65. The van der Waals surface area contributed by atoms with Gasteiger partial charge in [0.1, 0.15) is 0 Å². The third kappa shape index (κ3) is 5.83. The highest BCUT2D eigenvalue weighted by atomic mass is 16.3. The van der Waals surface area contributed by atoms with Crippen LogP contribution in [0.3, 0.4) is 0 Å². The quantitative estimate of drug-likeness (QED) is 0.300. The molecule has 2 nitrogen and oxygen atoms in total. The number of aliphatic hydroxyl groups excluding tert-OH is 2. The Bertz CT molecular complexity index is 1130. The highest BCUT2D eigenvalue weighted by Gasteiger charge is 2.14. The molecule has 0 amide bonds. The third-order valence-electron chi connectivity index (χ3n) is 6.34. The number of benzene rings is 4. The first-order valence-electron chi connectivity index (χ1n) is 12.2. The second-order valence-corrected chi connectivity index (χ2v) is 9.23. The summed E-state index contributed by atoms with van der Waals surface area (Å²) < 4.78 is 0. The summed E-state index contributed by atoms with van der Waals surface area (Å²) in [6, 6.07) is 34.1. The fourth-order valence-electron chi connectivity index (χ4n) is 4.83.